The van der Waals surface area contributed by atoms with Crippen LogP contribution in [0.5, 0.6) is 0 Å². The van der Waals surface area contributed by atoms with Crippen molar-refractivity contribution in [2.45, 2.75) is 44.4 Å². The van der Waals surface area contributed by atoms with Gasteiger partial charge in [-0.25, -0.2) is 4.79 Å². The van der Waals surface area contributed by atoms with Gasteiger partial charge in [-0.1, -0.05) is 0 Å². The number of aryl methyl sites for hydroxylation is 1. The molecule has 156 valence electrons. The minimum absolute atomic E-state index is 0.113. The molecule has 0 aromatic carbocycles. The van der Waals surface area contributed by atoms with Crippen LogP contribution in [0.4, 0.5) is 18.2 Å². The normalized spacial score (nSPS) is 15.9. The van der Waals surface area contributed by atoms with Crippen molar-refractivity contribution in [2.75, 3.05) is 17.8 Å². The topological polar surface area (TPSA) is 111 Å². The highest BCUT2D eigenvalue weighted by Crippen LogP contribution is 2.41. The lowest BCUT2D eigenvalue weighted by Gasteiger charge is -2.35. The summed E-state index contributed by atoms with van der Waals surface area (Å²) >= 11 is 6.23. The van der Waals surface area contributed by atoms with Gasteiger partial charge >= 0.3 is 17.8 Å². The Morgan fingerprint density at radius 2 is 1.89 bits per heavy atom. The van der Waals surface area contributed by atoms with E-state index in [2.05, 4.69) is 4.74 Å². The largest absolute Gasteiger partial charge is 0.463 e. The van der Waals surface area contributed by atoms with E-state index < -0.39 is 35.5 Å². The predicted octanol–water partition coefficient (Wildman–Crippen LogP) is 2.31. The van der Waals surface area contributed by atoms with Crippen molar-refractivity contribution in [3.8, 4) is 0 Å². The second-order valence-corrected chi connectivity index (χ2v) is 7.43. The summed E-state index contributed by atoms with van der Waals surface area (Å²) in [4.78, 5) is 36.7. The SMILES string of the molecule is CCOC(=O)[C@@](NC(=O)CCl)(Nc1sc2c(c1C(N)=O)CCCC2)C(F)(F)F. The Morgan fingerprint density at radius 3 is 2.43 bits per heavy atom. The van der Waals surface area contributed by atoms with E-state index in [0.29, 0.717) is 23.3 Å². The van der Waals surface area contributed by atoms with E-state index in [4.69, 9.17) is 17.3 Å². The number of anilines is 1. The van der Waals surface area contributed by atoms with E-state index in [9.17, 15) is 27.6 Å². The van der Waals surface area contributed by atoms with E-state index in [1.165, 1.54) is 6.92 Å². The number of fused-ring (bicyclic) bond motifs is 1. The lowest BCUT2D eigenvalue weighted by atomic mass is 9.95. The fourth-order valence-electron chi connectivity index (χ4n) is 2.96. The molecule has 1 aliphatic rings. The first kappa shape index (κ1) is 22.3. The maximum absolute atomic E-state index is 14.0. The number of rotatable bonds is 7. The summed E-state index contributed by atoms with van der Waals surface area (Å²) in [6, 6.07) is 0. The maximum Gasteiger partial charge on any atom is 0.441 e. The Kier molecular flexibility index (Phi) is 6.81. The highest BCUT2D eigenvalue weighted by molar-refractivity contribution is 7.16. The zero-order valence-corrected chi connectivity index (χ0v) is 16.4. The molecule has 1 heterocycles. The van der Waals surface area contributed by atoms with Crippen LogP contribution in [0, 0.1) is 0 Å². The number of primary amides is 1. The third-order valence-electron chi connectivity index (χ3n) is 4.17. The summed E-state index contributed by atoms with van der Waals surface area (Å²) in [5.41, 5.74) is 2.23. The summed E-state index contributed by atoms with van der Waals surface area (Å²) < 4.78 is 46.6. The molecule has 28 heavy (non-hydrogen) atoms. The zero-order valence-electron chi connectivity index (χ0n) is 14.9. The van der Waals surface area contributed by atoms with Gasteiger partial charge in [-0.2, -0.15) is 13.2 Å². The number of carbonyl (C=O) groups excluding carboxylic acids is 3. The molecule has 0 fully saturated rings. The predicted molar refractivity (Wildman–Crippen MR) is 97.4 cm³/mol. The zero-order chi connectivity index (χ0) is 21.1. The number of carbonyl (C=O) groups is 3. The minimum atomic E-state index is -5.31. The minimum Gasteiger partial charge on any atom is -0.463 e. The van der Waals surface area contributed by atoms with Gasteiger partial charge < -0.3 is 21.1 Å². The number of halogens is 4. The fraction of sp³-hybridized carbons (Fsp3) is 0.562. The molecular weight excluding hydrogens is 423 g/mol. The van der Waals surface area contributed by atoms with E-state index in [1.54, 1.807) is 5.32 Å². The third-order valence-corrected chi connectivity index (χ3v) is 5.62. The lowest BCUT2D eigenvalue weighted by Crippen LogP contribution is -2.69. The van der Waals surface area contributed by atoms with Gasteiger partial charge in [0.25, 0.3) is 5.91 Å². The molecule has 1 aliphatic carbocycles. The Hall–Kier alpha value is -2.01. The molecule has 0 spiro atoms. The van der Waals surface area contributed by atoms with Crippen LogP contribution in [0.25, 0.3) is 0 Å². The first-order valence-electron chi connectivity index (χ1n) is 8.40. The Morgan fingerprint density at radius 1 is 1.25 bits per heavy atom. The van der Waals surface area contributed by atoms with Crippen molar-refractivity contribution in [2.24, 2.45) is 5.73 Å². The summed E-state index contributed by atoms with van der Waals surface area (Å²) in [6.45, 7) is 0.958. The number of esters is 1. The first-order valence-corrected chi connectivity index (χ1v) is 9.76. The summed E-state index contributed by atoms with van der Waals surface area (Å²) in [5, 5.41) is 3.34. The second-order valence-electron chi connectivity index (χ2n) is 6.05. The van der Waals surface area contributed by atoms with Crippen LogP contribution in [0.1, 0.15) is 40.6 Å². The second kappa shape index (κ2) is 8.56. The average Bonchev–Trinajstić information content (AvgIpc) is 2.97. The fourth-order valence-corrected chi connectivity index (χ4v) is 4.37. The molecule has 12 heteroatoms. The summed E-state index contributed by atoms with van der Waals surface area (Å²) in [6.07, 6.45) is -2.67. The van der Waals surface area contributed by atoms with Gasteiger partial charge in [0, 0.05) is 4.88 Å². The first-order chi connectivity index (χ1) is 13.1. The maximum atomic E-state index is 14.0. The number of alkyl halides is 4. The van der Waals surface area contributed by atoms with Gasteiger partial charge in [-0.05, 0) is 38.2 Å². The van der Waals surface area contributed by atoms with Gasteiger partial charge in [-0.3, -0.25) is 9.59 Å². The van der Waals surface area contributed by atoms with Gasteiger partial charge in [0.15, 0.2) is 0 Å². The van der Waals surface area contributed by atoms with Gasteiger partial charge in [0.05, 0.1) is 12.2 Å². The quantitative estimate of drug-likeness (QED) is 0.341. The standard InChI is InChI=1S/C16H19ClF3N3O4S/c1-2-27-14(26)15(16(18,19)20,22-10(24)7-17)23-13-11(12(21)25)8-5-3-4-6-9(8)28-13/h23H,2-7H2,1H3,(H2,21,25)(H,22,24)/t15-/m1/s1. The highest BCUT2D eigenvalue weighted by Gasteiger charge is 2.64. The number of hydrogen-bond donors (Lipinski definition) is 3. The van der Waals surface area contributed by atoms with E-state index in [0.717, 1.165) is 24.2 Å². The molecule has 0 bridgehead atoms. The number of nitrogens with two attached hydrogens (primary N) is 1. The molecule has 2 amide bonds. The number of hydrogen-bond acceptors (Lipinski definition) is 6. The van der Waals surface area contributed by atoms with Crippen LogP contribution in [0.3, 0.4) is 0 Å². The Balaban J connectivity index is 2.62. The summed E-state index contributed by atoms with van der Waals surface area (Å²) in [5.74, 6) is -4.77. The van der Waals surface area contributed by atoms with E-state index in [1.807, 2.05) is 5.32 Å². The average molecular weight is 442 g/mol. The number of ether oxygens (including phenoxy) is 1. The van der Waals surface area contributed by atoms with Gasteiger partial charge in [0.1, 0.15) is 10.9 Å². The van der Waals surface area contributed by atoms with E-state index >= 15 is 0 Å². The number of thiophene rings is 1. The molecule has 1 atom stereocenters. The van der Waals surface area contributed by atoms with Crippen LogP contribution in [-0.4, -0.2) is 42.1 Å². The van der Waals surface area contributed by atoms with Crippen molar-refractivity contribution in [3.05, 3.63) is 16.0 Å². The van der Waals surface area contributed by atoms with Crippen molar-refractivity contribution >= 4 is 45.7 Å². The molecular formula is C16H19ClF3N3O4S. The van der Waals surface area contributed by atoms with Crippen LogP contribution in [0.15, 0.2) is 0 Å². The molecule has 0 saturated heterocycles. The number of nitrogens with one attached hydrogen (secondary N) is 2. The smallest absolute Gasteiger partial charge is 0.441 e. The molecule has 0 saturated carbocycles. The molecule has 2 rings (SSSR count). The highest BCUT2D eigenvalue weighted by atomic mass is 35.5. The van der Waals surface area contributed by atoms with E-state index in [-0.39, 0.29) is 17.2 Å². The molecule has 0 aliphatic heterocycles. The van der Waals surface area contributed by atoms with Gasteiger partial charge in [-0.15, -0.1) is 22.9 Å². The molecule has 1 aromatic rings. The molecule has 0 radical (unpaired) electrons. The third kappa shape index (κ3) is 4.19. The van der Waals surface area contributed by atoms with Gasteiger partial charge in [0.2, 0.25) is 5.91 Å². The molecule has 4 N–H and O–H groups in total. The Bertz CT molecular complexity index is 784. The molecule has 0 unspecified atom stereocenters. The lowest BCUT2D eigenvalue weighted by molar-refractivity contribution is -0.207. The van der Waals surface area contributed by atoms with Crippen molar-refractivity contribution in [1.82, 2.24) is 5.32 Å². The Labute approximate surface area is 167 Å². The van der Waals surface area contributed by atoms with Crippen LogP contribution in [-0.2, 0) is 27.2 Å². The van der Waals surface area contributed by atoms with Crippen molar-refractivity contribution in [1.29, 1.82) is 0 Å². The monoisotopic (exact) mass is 441 g/mol. The van der Waals surface area contributed by atoms with Crippen molar-refractivity contribution < 1.29 is 32.3 Å². The summed E-state index contributed by atoms with van der Waals surface area (Å²) in [7, 11) is 0. The van der Waals surface area contributed by atoms with Crippen LogP contribution in [0.2, 0.25) is 0 Å². The van der Waals surface area contributed by atoms with Crippen molar-refractivity contribution in [3.63, 3.8) is 0 Å². The molecule has 1 aromatic heterocycles. The van der Waals surface area contributed by atoms with Crippen LogP contribution >= 0.6 is 22.9 Å². The number of amides is 2. The molecule has 7 nitrogen and oxygen atoms in total. The van der Waals surface area contributed by atoms with Crippen LogP contribution < -0.4 is 16.4 Å².